The Hall–Kier alpha value is -1.01. The number of aryl methyl sites for hydroxylation is 1. The summed E-state index contributed by atoms with van der Waals surface area (Å²) in [6.45, 7) is 9.44. The minimum Gasteiger partial charge on any atom is -0.360 e. The topological polar surface area (TPSA) is 50.7 Å². The normalized spacial score (nSPS) is 11.8. The lowest BCUT2D eigenvalue weighted by molar-refractivity contribution is 0.578. The molecule has 104 valence electrons. The van der Waals surface area contributed by atoms with E-state index >= 15 is 0 Å². The van der Waals surface area contributed by atoms with Crippen LogP contribution >= 0.6 is 22.7 Å². The molecule has 1 N–H and O–H groups in total. The lowest BCUT2D eigenvalue weighted by Crippen LogP contribution is -2.10. The zero-order valence-corrected chi connectivity index (χ0v) is 13.5. The van der Waals surface area contributed by atoms with Crippen LogP contribution in [-0.2, 0) is 18.3 Å². The number of thiazole rings is 1. The molecule has 4 nitrogen and oxygen atoms in total. The maximum atomic E-state index is 4.55. The summed E-state index contributed by atoms with van der Waals surface area (Å²) in [6.07, 6.45) is 1.95. The van der Waals surface area contributed by atoms with E-state index in [-0.39, 0.29) is 5.41 Å². The molecule has 0 aliphatic heterocycles. The molecule has 0 atom stereocenters. The SMILES string of the molecule is CCc1nc(CCNc2nnc(C(C)(C)C)s2)cs1. The van der Waals surface area contributed by atoms with Crippen LogP contribution in [-0.4, -0.2) is 21.7 Å². The van der Waals surface area contributed by atoms with E-state index in [1.165, 1.54) is 5.01 Å². The first-order valence-corrected chi connectivity index (χ1v) is 8.20. The molecule has 0 amide bonds. The zero-order valence-electron chi connectivity index (χ0n) is 11.9. The molecule has 0 radical (unpaired) electrons. The highest BCUT2D eigenvalue weighted by molar-refractivity contribution is 7.15. The van der Waals surface area contributed by atoms with Gasteiger partial charge in [0, 0.05) is 23.8 Å². The predicted octanol–water partition coefficient (Wildman–Crippen LogP) is 3.51. The molecule has 2 aromatic rings. The van der Waals surface area contributed by atoms with Gasteiger partial charge in [-0.1, -0.05) is 39.0 Å². The minimum absolute atomic E-state index is 0.0720. The summed E-state index contributed by atoms with van der Waals surface area (Å²) in [7, 11) is 0. The molecule has 6 heteroatoms. The molecule has 0 fully saturated rings. The predicted molar refractivity (Wildman–Crippen MR) is 82.3 cm³/mol. The maximum Gasteiger partial charge on any atom is 0.205 e. The van der Waals surface area contributed by atoms with Gasteiger partial charge in [0.1, 0.15) is 5.01 Å². The van der Waals surface area contributed by atoms with Gasteiger partial charge in [-0.2, -0.15) is 0 Å². The molecule has 0 aliphatic rings. The summed E-state index contributed by atoms with van der Waals surface area (Å²) in [6, 6.07) is 0. The van der Waals surface area contributed by atoms with Gasteiger partial charge >= 0.3 is 0 Å². The highest BCUT2D eigenvalue weighted by Crippen LogP contribution is 2.27. The van der Waals surface area contributed by atoms with Crippen molar-refractivity contribution in [2.45, 2.75) is 46.0 Å². The van der Waals surface area contributed by atoms with E-state index in [9.17, 15) is 0 Å². The van der Waals surface area contributed by atoms with Crippen LogP contribution in [0, 0.1) is 0 Å². The average molecular weight is 296 g/mol. The molecule has 2 aromatic heterocycles. The van der Waals surface area contributed by atoms with Crippen molar-refractivity contribution in [2.75, 3.05) is 11.9 Å². The van der Waals surface area contributed by atoms with Gasteiger partial charge in [0.2, 0.25) is 5.13 Å². The molecule has 0 saturated heterocycles. The van der Waals surface area contributed by atoms with Crippen LogP contribution in [0.4, 0.5) is 5.13 Å². The van der Waals surface area contributed by atoms with Crippen LogP contribution in [0.5, 0.6) is 0 Å². The molecule has 0 saturated carbocycles. The number of aromatic nitrogens is 3. The number of hydrogen-bond donors (Lipinski definition) is 1. The Kier molecular flexibility index (Phi) is 4.52. The van der Waals surface area contributed by atoms with E-state index in [2.05, 4.69) is 53.6 Å². The first-order chi connectivity index (χ1) is 8.99. The summed E-state index contributed by atoms with van der Waals surface area (Å²) < 4.78 is 0. The zero-order chi connectivity index (χ0) is 13.9. The van der Waals surface area contributed by atoms with E-state index in [1.54, 1.807) is 22.7 Å². The molecule has 0 aromatic carbocycles. The molecular formula is C13H20N4S2. The van der Waals surface area contributed by atoms with Gasteiger partial charge in [-0.3, -0.25) is 0 Å². The summed E-state index contributed by atoms with van der Waals surface area (Å²) in [5, 5.41) is 17.0. The molecule has 0 bridgehead atoms. The number of hydrogen-bond acceptors (Lipinski definition) is 6. The van der Waals surface area contributed by atoms with Crippen molar-refractivity contribution in [3.05, 3.63) is 21.1 Å². The fraction of sp³-hybridized carbons (Fsp3) is 0.615. The lowest BCUT2D eigenvalue weighted by atomic mass is 9.98. The van der Waals surface area contributed by atoms with Gasteiger partial charge in [0.05, 0.1) is 10.7 Å². The Balaban J connectivity index is 1.84. The van der Waals surface area contributed by atoms with E-state index in [0.717, 1.165) is 35.2 Å². The standard InChI is InChI=1S/C13H20N4S2/c1-5-10-15-9(8-18-10)6-7-14-12-17-16-11(19-12)13(2,3)4/h8H,5-7H2,1-4H3,(H,14,17). The number of nitrogens with one attached hydrogen (secondary N) is 1. The Morgan fingerprint density at radius 1 is 1.26 bits per heavy atom. The summed E-state index contributed by atoms with van der Waals surface area (Å²) >= 11 is 3.37. The number of anilines is 1. The molecule has 2 rings (SSSR count). The number of rotatable bonds is 5. The van der Waals surface area contributed by atoms with Crippen LogP contribution in [0.1, 0.15) is 43.4 Å². The van der Waals surface area contributed by atoms with Crippen molar-refractivity contribution in [1.82, 2.24) is 15.2 Å². The van der Waals surface area contributed by atoms with Crippen molar-refractivity contribution >= 4 is 27.8 Å². The molecule has 2 heterocycles. The van der Waals surface area contributed by atoms with Gasteiger partial charge in [-0.25, -0.2) is 4.98 Å². The van der Waals surface area contributed by atoms with Crippen LogP contribution in [0.25, 0.3) is 0 Å². The third-order valence-electron chi connectivity index (χ3n) is 2.63. The lowest BCUT2D eigenvalue weighted by Gasteiger charge is -2.12. The summed E-state index contributed by atoms with van der Waals surface area (Å²) in [5.41, 5.74) is 1.23. The van der Waals surface area contributed by atoms with Crippen molar-refractivity contribution in [1.29, 1.82) is 0 Å². The Morgan fingerprint density at radius 2 is 2.05 bits per heavy atom. The Morgan fingerprint density at radius 3 is 2.63 bits per heavy atom. The quantitative estimate of drug-likeness (QED) is 0.917. The minimum atomic E-state index is 0.0720. The fourth-order valence-electron chi connectivity index (χ4n) is 1.52. The summed E-state index contributed by atoms with van der Waals surface area (Å²) in [5.74, 6) is 0. The smallest absolute Gasteiger partial charge is 0.205 e. The second-order valence-electron chi connectivity index (χ2n) is 5.43. The van der Waals surface area contributed by atoms with Crippen molar-refractivity contribution in [3.63, 3.8) is 0 Å². The van der Waals surface area contributed by atoms with E-state index in [0.29, 0.717) is 0 Å². The molecule has 0 aliphatic carbocycles. The van der Waals surface area contributed by atoms with E-state index in [1.807, 2.05) is 0 Å². The van der Waals surface area contributed by atoms with E-state index in [4.69, 9.17) is 0 Å². The molecule has 0 unspecified atom stereocenters. The van der Waals surface area contributed by atoms with Gasteiger partial charge in [-0.05, 0) is 6.42 Å². The maximum absolute atomic E-state index is 4.55. The average Bonchev–Trinajstić information content (AvgIpc) is 2.96. The Labute approximate surface area is 122 Å². The third-order valence-corrected chi connectivity index (χ3v) is 4.97. The molecular weight excluding hydrogens is 276 g/mol. The number of nitrogens with zero attached hydrogens (tertiary/aromatic N) is 3. The van der Waals surface area contributed by atoms with Crippen molar-refractivity contribution < 1.29 is 0 Å². The van der Waals surface area contributed by atoms with E-state index < -0.39 is 0 Å². The highest BCUT2D eigenvalue weighted by atomic mass is 32.1. The summed E-state index contributed by atoms with van der Waals surface area (Å²) in [4.78, 5) is 4.55. The first-order valence-electron chi connectivity index (χ1n) is 6.50. The van der Waals surface area contributed by atoms with Crippen LogP contribution < -0.4 is 5.32 Å². The van der Waals surface area contributed by atoms with Gasteiger partial charge < -0.3 is 5.32 Å². The first kappa shape index (κ1) is 14.4. The van der Waals surface area contributed by atoms with Gasteiger partial charge in [0.15, 0.2) is 0 Å². The van der Waals surface area contributed by atoms with Crippen LogP contribution in [0.2, 0.25) is 0 Å². The van der Waals surface area contributed by atoms with Gasteiger partial charge in [0.25, 0.3) is 0 Å². The fourth-order valence-corrected chi connectivity index (χ4v) is 3.13. The van der Waals surface area contributed by atoms with Gasteiger partial charge in [-0.15, -0.1) is 21.5 Å². The second-order valence-corrected chi connectivity index (χ2v) is 7.35. The van der Waals surface area contributed by atoms with Crippen molar-refractivity contribution in [2.24, 2.45) is 0 Å². The Bertz CT molecular complexity index is 525. The van der Waals surface area contributed by atoms with Crippen LogP contribution in [0.3, 0.4) is 0 Å². The largest absolute Gasteiger partial charge is 0.360 e. The second kappa shape index (κ2) is 5.96. The molecule has 0 spiro atoms. The highest BCUT2D eigenvalue weighted by Gasteiger charge is 2.19. The monoisotopic (exact) mass is 296 g/mol. The van der Waals surface area contributed by atoms with Crippen molar-refractivity contribution in [3.8, 4) is 0 Å². The van der Waals surface area contributed by atoms with Crippen LogP contribution in [0.15, 0.2) is 5.38 Å². The molecule has 19 heavy (non-hydrogen) atoms. The third kappa shape index (κ3) is 3.98.